The Balaban J connectivity index is 1.59. The molecule has 112 valence electrons. The van der Waals surface area contributed by atoms with E-state index in [0.29, 0.717) is 6.61 Å². The Morgan fingerprint density at radius 1 is 1.09 bits per heavy atom. The third kappa shape index (κ3) is 4.08. The first kappa shape index (κ1) is 15.1. The van der Waals surface area contributed by atoms with Gasteiger partial charge in [-0.1, -0.05) is 36.4 Å². The molecule has 2 aromatic carbocycles. The van der Waals surface area contributed by atoms with E-state index in [1.807, 2.05) is 29.6 Å². The van der Waals surface area contributed by atoms with Crippen molar-refractivity contribution in [3.63, 3.8) is 0 Å². The van der Waals surface area contributed by atoms with E-state index in [2.05, 4.69) is 50.5 Å². The molecule has 1 N–H and O–H groups in total. The molecule has 0 fully saturated rings. The van der Waals surface area contributed by atoms with Gasteiger partial charge in [-0.3, -0.25) is 0 Å². The van der Waals surface area contributed by atoms with Crippen LogP contribution in [0.3, 0.4) is 0 Å². The molecule has 3 aromatic rings. The first-order chi connectivity index (χ1) is 10.8. The highest BCUT2D eigenvalue weighted by Gasteiger charge is 2.04. The molecule has 0 aliphatic heterocycles. The molecule has 3 rings (SSSR count). The Kier molecular flexibility index (Phi) is 5.08. The van der Waals surface area contributed by atoms with Gasteiger partial charge in [-0.15, -0.1) is 11.3 Å². The number of hydrogen-bond acceptors (Lipinski definition) is 4. The maximum atomic E-state index is 5.85. The van der Waals surface area contributed by atoms with Crippen LogP contribution in [-0.2, 0) is 13.2 Å². The van der Waals surface area contributed by atoms with Crippen LogP contribution in [0.25, 0.3) is 0 Å². The van der Waals surface area contributed by atoms with E-state index < -0.39 is 0 Å². The van der Waals surface area contributed by atoms with Gasteiger partial charge in [0.2, 0.25) is 0 Å². The first-order valence-corrected chi connectivity index (χ1v) is 8.57. The minimum Gasteiger partial charge on any atom is -0.488 e. The number of anilines is 1. The topological polar surface area (TPSA) is 34.2 Å². The zero-order chi connectivity index (χ0) is 15.2. The van der Waals surface area contributed by atoms with Crippen LogP contribution in [0.5, 0.6) is 5.75 Å². The average Bonchev–Trinajstić information content (AvgIpc) is 3.06. The minimum atomic E-state index is 0.566. The van der Waals surface area contributed by atoms with E-state index in [9.17, 15) is 0 Å². The molecule has 0 aliphatic rings. The summed E-state index contributed by atoms with van der Waals surface area (Å²) in [6.07, 6.45) is 1.80. The van der Waals surface area contributed by atoms with Gasteiger partial charge in [-0.05, 0) is 39.2 Å². The van der Waals surface area contributed by atoms with E-state index in [1.54, 1.807) is 17.5 Å². The Morgan fingerprint density at radius 3 is 2.68 bits per heavy atom. The fourth-order valence-corrected chi connectivity index (χ4v) is 3.06. The smallest absolute Gasteiger partial charge is 0.182 e. The lowest BCUT2D eigenvalue weighted by Crippen LogP contribution is -2.00. The second-order valence-corrected chi connectivity index (χ2v) is 6.48. The number of rotatable bonds is 6. The summed E-state index contributed by atoms with van der Waals surface area (Å²) in [5.74, 6) is 0.849. The Bertz CT molecular complexity index is 717. The molecule has 0 aliphatic carbocycles. The summed E-state index contributed by atoms with van der Waals surface area (Å²) in [5, 5.41) is 6.18. The van der Waals surface area contributed by atoms with Crippen molar-refractivity contribution >= 4 is 32.4 Å². The van der Waals surface area contributed by atoms with Crippen molar-refractivity contribution < 1.29 is 4.74 Å². The van der Waals surface area contributed by atoms with E-state index in [0.717, 1.165) is 27.5 Å². The molecule has 3 nitrogen and oxygen atoms in total. The Hall–Kier alpha value is -1.85. The van der Waals surface area contributed by atoms with Gasteiger partial charge < -0.3 is 10.1 Å². The van der Waals surface area contributed by atoms with Crippen molar-refractivity contribution in [3.8, 4) is 5.75 Å². The third-order valence-corrected chi connectivity index (χ3v) is 4.46. The molecule has 1 aromatic heterocycles. The Morgan fingerprint density at radius 2 is 1.95 bits per heavy atom. The lowest BCUT2D eigenvalue weighted by Gasteiger charge is -2.10. The van der Waals surface area contributed by atoms with Gasteiger partial charge in [0.05, 0.1) is 4.47 Å². The molecule has 0 atom stereocenters. The SMILES string of the molecule is Brc1cc(CNc2nccs2)ccc1OCc1ccccc1. The fraction of sp³-hybridized carbons (Fsp3) is 0.118. The zero-order valence-electron chi connectivity index (χ0n) is 11.8. The summed E-state index contributed by atoms with van der Waals surface area (Å²) in [6, 6.07) is 16.3. The van der Waals surface area contributed by atoms with Crippen molar-refractivity contribution in [2.45, 2.75) is 13.2 Å². The lowest BCUT2D eigenvalue weighted by atomic mass is 10.2. The summed E-state index contributed by atoms with van der Waals surface area (Å²) >= 11 is 5.17. The predicted octanol–water partition coefficient (Wildman–Crippen LogP) is 5.10. The van der Waals surface area contributed by atoms with E-state index in [4.69, 9.17) is 4.74 Å². The van der Waals surface area contributed by atoms with Crippen LogP contribution in [0.2, 0.25) is 0 Å². The number of aromatic nitrogens is 1. The Labute approximate surface area is 142 Å². The normalized spacial score (nSPS) is 10.4. The summed E-state index contributed by atoms with van der Waals surface area (Å²) in [4.78, 5) is 4.21. The van der Waals surface area contributed by atoms with Gasteiger partial charge in [-0.25, -0.2) is 4.98 Å². The maximum Gasteiger partial charge on any atom is 0.182 e. The largest absolute Gasteiger partial charge is 0.488 e. The number of benzene rings is 2. The van der Waals surface area contributed by atoms with Crippen molar-refractivity contribution in [1.29, 1.82) is 0 Å². The number of hydrogen-bond donors (Lipinski definition) is 1. The molecule has 0 unspecified atom stereocenters. The average molecular weight is 375 g/mol. The second kappa shape index (κ2) is 7.42. The molecule has 1 heterocycles. The highest BCUT2D eigenvalue weighted by atomic mass is 79.9. The quantitative estimate of drug-likeness (QED) is 0.651. The highest BCUT2D eigenvalue weighted by Crippen LogP contribution is 2.27. The van der Waals surface area contributed by atoms with Crippen LogP contribution in [0.15, 0.2) is 64.6 Å². The molecular formula is C17H15BrN2OS. The third-order valence-electron chi connectivity index (χ3n) is 3.11. The van der Waals surface area contributed by atoms with Crippen LogP contribution >= 0.6 is 27.3 Å². The van der Waals surface area contributed by atoms with Crippen molar-refractivity contribution in [2.24, 2.45) is 0 Å². The number of halogens is 1. The molecule has 0 spiro atoms. The standard InChI is InChI=1S/C17H15BrN2OS/c18-15-10-14(11-20-17-19-8-9-22-17)6-7-16(15)21-12-13-4-2-1-3-5-13/h1-10H,11-12H2,(H,19,20). The minimum absolute atomic E-state index is 0.566. The van der Waals surface area contributed by atoms with Crippen molar-refractivity contribution in [2.75, 3.05) is 5.32 Å². The molecule has 22 heavy (non-hydrogen) atoms. The van der Waals surface area contributed by atoms with Gasteiger partial charge in [0.15, 0.2) is 5.13 Å². The molecule has 0 saturated heterocycles. The molecular weight excluding hydrogens is 360 g/mol. The maximum absolute atomic E-state index is 5.85. The van der Waals surface area contributed by atoms with Crippen LogP contribution < -0.4 is 10.1 Å². The van der Waals surface area contributed by atoms with E-state index >= 15 is 0 Å². The number of thiazole rings is 1. The van der Waals surface area contributed by atoms with Crippen LogP contribution in [0.4, 0.5) is 5.13 Å². The predicted molar refractivity (Wildman–Crippen MR) is 94.4 cm³/mol. The van der Waals surface area contributed by atoms with Crippen LogP contribution in [0.1, 0.15) is 11.1 Å². The number of nitrogens with one attached hydrogen (secondary N) is 1. The molecule has 0 radical (unpaired) electrons. The number of ether oxygens (including phenoxy) is 1. The van der Waals surface area contributed by atoms with Crippen LogP contribution in [0, 0.1) is 0 Å². The van der Waals surface area contributed by atoms with Crippen molar-refractivity contribution in [3.05, 3.63) is 75.7 Å². The first-order valence-electron chi connectivity index (χ1n) is 6.90. The summed E-state index contributed by atoms with van der Waals surface area (Å²) in [6.45, 7) is 1.31. The van der Waals surface area contributed by atoms with E-state index in [-0.39, 0.29) is 0 Å². The molecule has 5 heteroatoms. The van der Waals surface area contributed by atoms with Gasteiger partial charge >= 0.3 is 0 Å². The van der Waals surface area contributed by atoms with Gasteiger partial charge in [0.1, 0.15) is 12.4 Å². The van der Waals surface area contributed by atoms with E-state index in [1.165, 1.54) is 5.56 Å². The van der Waals surface area contributed by atoms with Crippen molar-refractivity contribution in [1.82, 2.24) is 4.98 Å². The summed E-state index contributed by atoms with van der Waals surface area (Å²) in [5.41, 5.74) is 2.33. The molecule has 0 amide bonds. The van der Waals surface area contributed by atoms with Gasteiger partial charge in [0.25, 0.3) is 0 Å². The fourth-order valence-electron chi connectivity index (χ4n) is 2.00. The summed E-state index contributed by atoms with van der Waals surface area (Å²) in [7, 11) is 0. The second-order valence-electron chi connectivity index (χ2n) is 4.73. The summed E-state index contributed by atoms with van der Waals surface area (Å²) < 4.78 is 6.81. The molecule has 0 bridgehead atoms. The zero-order valence-corrected chi connectivity index (χ0v) is 14.2. The monoisotopic (exact) mass is 374 g/mol. The van der Waals surface area contributed by atoms with Gasteiger partial charge in [-0.2, -0.15) is 0 Å². The van der Waals surface area contributed by atoms with Crippen LogP contribution in [-0.4, -0.2) is 4.98 Å². The number of nitrogens with zero attached hydrogens (tertiary/aromatic N) is 1. The van der Waals surface area contributed by atoms with Gasteiger partial charge in [0, 0.05) is 18.1 Å². The molecule has 0 saturated carbocycles. The lowest BCUT2D eigenvalue weighted by molar-refractivity contribution is 0.304. The highest BCUT2D eigenvalue weighted by molar-refractivity contribution is 9.10.